The van der Waals surface area contributed by atoms with Crippen LogP contribution in [0.3, 0.4) is 0 Å². The standard InChI is InChI=1S/C13H23N3S/c1-15(6-2-13-3-11-17-12-13)9-10-16-7-4-14-5-8-16/h3,11-12,14H,2,4-10H2,1H3. The third-order valence-corrected chi connectivity index (χ3v) is 4.10. The van der Waals surface area contributed by atoms with Gasteiger partial charge in [0.2, 0.25) is 0 Å². The minimum atomic E-state index is 1.15. The molecule has 0 bridgehead atoms. The number of nitrogens with one attached hydrogen (secondary N) is 1. The summed E-state index contributed by atoms with van der Waals surface area (Å²) in [5, 5.41) is 7.81. The second-order valence-corrected chi connectivity index (χ2v) is 5.56. The number of thiophene rings is 1. The first-order chi connectivity index (χ1) is 8.34. The van der Waals surface area contributed by atoms with Crippen molar-refractivity contribution in [3.8, 4) is 0 Å². The molecule has 1 aliphatic rings. The van der Waals surface area contributed by atoms with Gasteiger partial charge in [0, 0.05) is 45.8 Å². The lowest BCUT2D eigenvalue weighted by Gasteiger charge is -2.29. The lowest BCUT2D eigenvalue weighted by molar-refractivity contribution is 0.206. The van der Waals surface area contributed by atoms with E-state index in [-0.39, 0.29) is 0 Å². The van der Waals surface area contributed by atoms with Crippen LogP contribution in [0.1, 0.15) is 5.56 Å². The number of likely N-dealkylation sites (N-methyl/N-ethyl adjacent to an activating group) is 1. The van der Waals surface area contributed by atoms with Crippen LogP contribution in [-0.4, -0.2) is 62.7 Å². The Kier molecular flexibility index (Phi) is 5.45. The Bertz CT molecular complexity index is 294. The fourth-order valence-electron chi connectivity index (χ4n) is 2.11. The number of hydrogen-bond acceptors (Lipinski definition) is 4. The SMILES string of the molecule is CN(CCc1ccsc1)CCN1CCNCC1. The van der Waals surface area contributed by atoms with Crippen molar-refractivity contribution in [3.63, 3.8) is 0 Å². The van der Waals surface area contributed by atoms with E-state index in [0.717, 1.165) is 13.1 Å². The van der Waals surface area contributed by atoms with Crippen LogP contribution in [0.15, 0.2) is 16.8 Å². The number of rotatable bonds is 6. The quantitative estimate of drug-likeness (QED) is 0.820. The highest BCUT2D eigenvalue weighted by atomic mass is 32.1. The molecule has 1 aromatic heterocycles. The molecule has 3 nitrogen and oxygen atoms in total. The molecule has 0 amide bonds. The Morgan fingerprint density at radius 2 is 2.18 bits per heavy atom. The molecular weight excluding hydrogens is 230 g/mol. The molecule has 1 aromatic rings. The summed E-state index contributed by atoms with van der Waals surface area (Å²) in [6, 6.07) is 2.23. The summed E-state index contributed by atoms with van der Waals surface area (Å²) in [7, 11) is 2.23. The maximum Gasteiger partial charge on any atom is 0.0110 e. The monoisotopic (exact) mass is 253 g/mol. The van der Waals surface area contributed by atoms with Crippen LogP contribution in [-0.2, 0) is 6.42 Å². The molecule has 1 fully saturated rings. The van der Waals surface area contributed by atoms with Crippen molar-refractivity contribution in [2.24, 2.45) is 0 Å². The third kappa shape index (κ3) is 4.76. The van der Waals surface area contributed by atoms with E-state index in [2.05, 4.69) is 39.0 Å². The molecular formula is C13H23N3S. The van der Waals surface area contributed by atoms with Gasteiger partial charge >= 0.3 is 0 Å². The molecule has 1 saturated heterocycles. The van der Waals surface area contributed by atoms with E-state index >= 15 is 0 Å². The van der Waals surface area contributed by atoms with Gasteiger partial charge in [0.25, 0.3) is 0 Å². The molecule has 4 heteroatoms. The highest BCUT2D eigenvalue weighted by molar-refractivity contribution is 7.07. The zero-order valence-electron chi connectivity index (χ0n) is 10.7. The summed E-state index contributed by atoms with van der Waals surface area (Å²) < 4.78 is 0. The Morgan fingerprint density at radius 1 is 1.35 bits per heavy atom. The minimum absolute atomic E-state index is 1.15. The van der Waals surface area contributed by atoms with Crippen LogP contribution in [0.5, 0.6) is 0 Å². The average Bonchev–Trinajstić information content (AvgIpc) is 2.88. The maximum absolute atomic E-state index is 3.39. The highest BCUT2D eigenvalue weighted by Gasteiger charge is 2.09. The first-order valence-corrected chi connectivity index (χ1v) is 7.41. The summed E-state index contributed by atoms with van der Waals surface area (Å²) in [4.78, 5) is 5.00. The van der Waals surface area contributed by atoms with Crippen LogP contribution >= 0.6 is 11.3 Å². The third-order valence-electron chi connectivity index (χ3n) is 3.37. The molecule has 96 valence electrons. The lowest BCUT2D eigenvalue weighted by atomic mass is 10.2. The fraction of sp³-hybridized carbons (Fsp3) is 0.692. The normalized spacial score (nSPS) is 17.8. The molecule has 1 N–H and O–H groups in total. The first kappa shape index (κ1) is 13.0. The number of nitrogens with zero attached hydrogens (tertiary/aromatic N) is 2. The van der Waals surface area contributed by atoms with Gasteiger partial charge in [0.1, 0.15) is 0 Å². The summed E-state index contributed by atoms with van der Waals surface area (Å²) in [6.45, 7) is 8.28. The van der Waals surface area contributed by atoms with E-state index in [0.29, 0.717) is 0 Å². The van der Waals surface area contributed by atoms with Gasteiger partial charge in [-0.25, -0.2) is 0 Å². The van der Waals surface area contributed by atoms with Crippen molar-refractivity contribution < 1.29 is 0 Å². The van der Waals surface area contributed by atoms with Crippen molar-refractivity contribution in [1.29, 1.82) is 0 Å². The zero-order chi connectivity index (χ0) is 11.9. The second kappa shape index (κ2) is 7.11. The van der Waals surface area contributed by atoms with E-state index in [1.165, 1.54) is 44.7 Å². The highest BCUT2D eigenvalue weighted by Crippen LogP contribution is 2.06. The van der Waals surface area contributed by atoms with E-state index in [1.54, 1.807) is 11.3 Å². The molecule has 0 saturated carbocycles. The molecule has 2 heterocycles. The molecule has 0 aliphatic carbocycles. The van der Waals surface area contributed by atoms with Crippen LogP contribution in [0.2, 0.25) is 0 Å². The van der Waals surface area contributed by atoms with Gasteiger partial charge in [0.05, 0.1) is 0 Å². The maximum atomic E-state index is 3.39. The van der Waals surface area contributed by atoms with Gasteiger partial charge < -0.3 is 10.2 Å². The second-order valence-electron chi connectivity index (χ2n) is 4.78. The Hall–Kier alpha value is -0.420. The summed E-state index contributed by atoms with van der Waals surface area (Å²) >= 11 is 1.79. The van der Waals surface area contributed by atoms with Crippen molar-refractivity contribution in [3.05, 3.63) is 22.4 Å². The topological polar surface area (TPSA) is 18.5 Å². The van der Waals surface area contributed by atoms with Crippen molar-refractivity contribution in [2.45, 2.75) is 6.42 Å². The van der Waals surface area contributed by atoms with Gasteiger partial charge in [-0.3, -0.25) is 4.90 Å². The molecule has 17 heavy (non-hydrogen) atoms. The van der Waals surface area contributed by atoms with E-state index < -0.39 is 0 Å². The Balaban J connectivity index is 1.58. The Labute approximate surface area is 108 Å². The molecule has 0 atom stereocenters. The van der Waals surface area contributed by atoms with Crippen LogP contribution in [0.4, 0.5) is 0 Å². The van der Waals surface area contributed by atoms with Crippen molar-refractivity contribution >= 4 is 11.3 Å². The van der Waals surface area contributed by atoms with Crippen LogP contribution < -0.4 is 5.32 Å². The molecule has 0 aromatic carbocycles. The predicted octanol–water partition coefficient (Wildman–Crippen LogP) is 1.13. The van der Waals surface area contributed by atoms with Gasteiger partial charge in [-0.2, -0.15) is 11.3 Å². The van der Waals surface area contributed by atoms with Gasteiger partial charge in [0.15, 0.2) is 0 Å². The van der Waals surface area contributed by atoms with E-state index in [9.17, 15) is 0 Å². The lowest BCUT2D eigenvalue weighted by Crippen LogP contribution is -2.46. The van der Waals surface area contributed by atoms with E-state index in [4.69, 9.17) is 0 Å². The van der Waals surface area contributed by atoms with Crippen molar-refractivity contribution in [1.82, 2.24) is 15.1 Å². The van der Waals surface area contributed by atoms with E-state index in [1.807, 2.05) is 0 Å². The fourth-order valence-corrected chi connectivity index (χ4v) is 2.82. The summed E-state index contributed by atoms with van der Waals surface area (Å²) in [5.41, 5.74) is 1.48. The molecule has 1 aliphatic heterocycles. The van der Waals surface area contributed by atoms with Gasteiger partial charge in [-0.05, 0) is 35.9 Å². The predicted molar refractivity (Wildman–Crippen MR) is 74.8 cm³/mol. The van der Waals surface area contributed by atoms with Gasteiger partial charge in [-0.1, -0.05) is 0 Å². The molecule has 0 radical (unpaired) electrons. The van der Waals surface area contributed by atoms with Crippen molar-refractivity contribution in [2.75, 3.05) is 52.9 Å². The molecule has 0 unspecified atom stereocenters. The van der Waals surface area contributed by atoms with Crippen LogP contribution in [0, 0.1) is 0 Å². The number of hydrogen-bond donors (Lipinski definition) is 1. The first-order valence-electron chi connectivity index (χ1n) is 6.47. The molecule has 2 rings (SSSR count). The minimum Gasteiger partial charge on any atom is -0.314 e. The average molecular weight is 253 g/mol. The largest absolute Gasteiger partial charge is 0.314 e. The summed E-state index contributed by atoms with van der Waals surface area (Å²) in [6.07, 6.45) is 1.18. The van der Waals surface area contributed by atoms with Crippen LogP contribution in [0.25, 0.3) is 0 Å². The smallest absolute Gasteiger partial charge is 0.0110 e. The summed E-state index contributed by atoms with van der Waals surface area (Å²) in [5.74, 6) is 0. The Morgan fingerprint density at radius 3 is 2.88 bits per heavy atom. The zero-order valence-corrected chi connectivity index (χ0v) is 11.5. The number of piperazine rings is 1. The molecule has 0 spiro atoms. The van der Waals surface area contributed by atoms with Gasteiger partial charge in [-0.15, -0.1) is 0 Å².